The quantitative estimate of drug-likeness (QED) is 0.564. The van der Waals surface area contributed by atoms with Crippen molar-refractivity contribution in [1.29, 1.82) is 0 Å². The summed E-state index contributed by atoms with van der Waals surface area (Å²) >= 11 is 5.74. The number of carbonyl (C=O) groups excluding carboxylic acids is 1. The van der Waals surface area contributed by atoms with Gasteiger partial charge in [-0.2, -0.15) is 4.31 Å². The molecule has 0 aromatic heterocycles. The fourth-order valence-corrected chi connectivity index (χ4v) is 5.33. The SMILES string of the molecule is O=C(Nc1ccc(Cl)cc1F)c1cccc(S(=O)(=O)N2CCN(Cc3ccccc3)CC2)c1. The molecule has 0 radical (unpaired) electrons. The first-order chi connectivity index (χ1) is 15.8. The molecule has 33 heavy (non-hydrogen) atoms. The zero-order valence-corrected chi connectivity index (χ0v) is 19.3. The highest BCUT2D eigenvalue weighted by atomic mass is 35.5. The minimum Gasteiger partial charge on any atom is -0.319 e. The van der Waals surface area contributed by atoms with E-state index in [1.54, 1.807) is 0 Å². The van der Waals surface area contributed by atoms with Gasteiger partial charge in [-0.3, -0.25) is 9.69 Å². The summed E-state index contributed by atoms with van der Waals surface area (Å²) in [4.78, 5) is 14.8. The molecule has 0 unspecified atom stereocenters. The second-order valence-electron chi connectivity index (χ2n) is 7.77. The number of nitrogens with zero attached hydrogens (tertiary/aromatic N) is 2. The van der Waals surface area contributed by atoms with Crippen LogP contribution < -0.4 is 5.32 Å². The monoisotopic (exact) mass is 487 g/mol. The molecule has 3 aromatic carbocycles. The van der Waals surface area contributed by atoms with E-state index in [0.717, 1.165) is 12.6 Å². The van der Waals surface area contributed by atoms with Gasteiger partial charge in [0.05, 0.1) is 10.6 Å². The van der Waals surface area contributed by atoms with E-state index >= 15 is 0 Å². The van der Waals surface area contributed by atoms with Crippen LogP contribution in [0.15, 0.2) is 77.7 Å². The molecule has 1 saturated heterocycles. The van der Waals surface area contributed by atoms with Crippen molar-refractivity contribution in [3.8, 4) is 0 Å². The molecule has 1 heterocycles. The molecule has 1 N–H and O–H groups in total. The Hall–Kier alpha value is -2.78. The molecule has 4 rings (SSSR count). The van der Waals surface area contributed by atoms with Gasteiger partial charge in [-0.25, -0.2) is 12.8 Å². The molecule has 1 amide bonds. The molecule has 1 fully saturated rings. The molecule has 3 aromatic rings. The Labute approximate surface area is 197 Å². The first-order valence-electron chi connectivity index (χ1n) is 10.5. The molecule has 1 aliphatic heterocycles. The van der Waals surface area contributed by atoms with E-state index in [1.165, 1.54) is 46.3 Å². The van der Waals surface area contributed by atoms with Gasteiger partial charge in [-0.15, -0.1) is 0 Å². The van der Waals surface area contributed by atoms with Crippen molar-refractivity contribution in [2.24, 2.45) is 0 Å². The number of benzene rings is 3. The number of rotatable bonds is 6. The van der Waals surface area contributed by atoms with Gasteiger partial charge in [0.1, 0.15) is 5.82 Å². The topological polar surface area (TPSA) is 69.7 Å². The van der Waals surface area contributed by atoms with Crippen molar-refractivity contribution < 1.29 is 17.6 Å². The standard InChI is InChI=1S/C24H23ClFN3O3S/c25-20-9-10-23(22(26)16-20)27-24(30)19-7-4-8-21(15-19)33(31,32)29-13-11-28(12-14-29)17-18-5-2-1-3-6-18/h1-10,15-16H,11-14,17H2,(H,27,30). The average molecular weight is 488 g/mol. The summed E-state index contributed by atoms with van der Waals surface area (Å²) in [5, 5.41) is 2.66. The normalized spacial score (nSPS) is 15.3. The highest BCUT2D eigenvalue weighted by molar-refractivity contribution is 7.89. The van der Waals surface area contributed by atoms with Crippen LogP contribution in [0, 0.1) is 5.82 Å². The van der Waals surface area contributed by atoms with E-state index in [0.29, 0.717) is 26.2 Å². The third kappa shape index (κ3) is 5.59. The largest absolute Gasteiger partial charge is 0.319 e. The average Bonchev–Trinajstić information content (AvgIpc) is 2.82. The number of nitrogens with one attached hydrogen (secondary N) is 1. The molecule has 0 atom stereocenters. The van der Waals surface area contributed by atoms with Crippen molar-refractivity contribution in [2.45, 2.75) is 11.4 Å². The van der Waals surface area contributed by atoms with Crippen LogP contribution in [0.5, 0.6) is 0 Å². The molecular formula is C24H23ClFN3O3S. The smallest absolute Gasteiger partial charge is 0.255 e. The summed E-state index contributed by atoms with van der Waals surface area (Å²) in [5.74, 6) is -1.28. The van der Waals surface area contributed by atoms with E-state index in [4.69, 9.17) is 11.6 Å². The summed E-state index contributed by atoms with van der Waals surface area (Å²) in [5.41, 5.74) is 1.27. The zero-order valence-electron chi connectivity index (χ0n) is 17.7. The number of amides is 1. The molecule has 6 nitrogen and oxygen atoms in total. The molecule has 1 aliphatic rings. The van der Waals surface area contributed by atoms with Gasteiger partial charge >= 0.3 is 0 Å². The van der Waals surface area contributed by atoms with Crippen LogP contribution in [0.4, 0.5) is 10.1 Å². The van der Waals surface area contributed by atoms with Gasteiger partial charge in [-0.1, -0.05) is 48.0 Å². The number of sulfonamides is 1. The van der Waals surface area contributed by atoms with E-state index in [9.17, 15) is 17.6 Å². The Morgan fingerprint density at radius 1 is 0.939 bits per heavy atom. The number of halogens is 2. The van der Waals surface area contributed by atoms with Gasteiger partial charge in [0.15, 0.2) is 0 Å². The van der Waals surface area contributed by atoms with E-state index in [1.807, 2.05) is 18.2 Å². The Morgan fingerprint density at radius 2 is 1.67 bits per heavy atom. The first kappa shape index (κ1) is 23.4. The van der Waals surface area contributed by atoms with Crippen LogP contribution in [0.2, 0.25) is 5.02 Å². The third-order valence-electron chi connectivity index (χ3n) is 5.49. The van der Waals surface area contributed by atoms with Crippen molar-refractivity contribution >= 4 is 33.2 Å². The van der Waals surface area contributed by atoms with Crippen molar-refractivity contribution in [1.82, 2.24) is 9.21 Å². The van der Waals surface area contributed by atoms with Crippen LogP contribution in [-0.4, -0.2) is 49.7 Å². The lowest BCUT2D eigenvalue weighted by Crippen LogP contribution is -2.48. The summed E-state index contributed by atoms with van der Waals surface area (Å²) in [6.45, 7) is 2.73. The predicted molar refractivity (Wildman–Crippen MR) is 126 cm³/mol. The van der Waals surface area contributed by atoms with Crippen LogP contribution >= 0.6 is 11.6 Å². The fourth-order valence-electron chi connectivity index (χ4n) is 3.70. The van der Waals surface area contributed by atoms with Gasteiger partial charge in [0, 0.05) is 43.3 Å². The highest BCUT2D eigenvalue weighted by Crippen LogP contribution is 2.22. The Bertz CT molecular complexity index is 1250. The summed E-state index contributed by atoms with van der Waals surface area (Å²) in [6, 6.07) is 19.7. The number of hydrogen-bond acceptors (Lipinski definition) is 4. The fraction of sp³-hybridized carbons (Fsp3) is 0.208. The summed E-state index contributed by atoms with van der Waals surface area (Å²) < 4.78 is 41.8. The number of anilines is 1. The molecule has 0 spiro atoms. The van der Waals surface area contributed by atoms with Gasteiger partial charge in [-0.05, 0) is 42.0 Å². The Balaban J connectivity index is 1.43. The third-order valence-corrected chi connectivity index (χ3v) is 7.62. The summed E-state index contributed by atoms with van der Waals surface area (Å²) in [7, 11) is -3.77. The Morgan fingerprint density at radius 3 is 2.36 bits per heavy atom. The lowest BCUT2D eigenvalue weighted by atomic mass is 10.2. The second-order valence-corrected chi connectivity index (χ2v) is 10.1. The van der Waals surface area contributed by atoms with Crippen LogP contribution in [0.1, 0.15) is 15.9 Å². The predicted octanol–water partition coefficient (Wildman–Crippen LogP) is 4.24. The van der Waals surface area contributed by atoms with Crippen LogP contribution in [-0.2, 0) is 16.6 Å². The highest BCUT2D eigenvalue weighted by Gasteiger charge is 2.29. The molecule has 0 bridgehead atoms. The van der Waals surface area contributed by atoms with Gasteiger partial charge in [0.2, 0.25) is 10.0 Å². The van der Waals surface area contributed by atoms with Crippen molar-refractivity contribution in [3.63, 3.8) is 0 Å². The number of carbonyl (C=O) groups is 1. The lowest BCUT2D eigenvalue weighted by molar-refractivity contribution is 0.102. The number of piperazine rings is 1. The Kier molecular flexibility index (Phi) is 7.09. The van der Waals surface area contributed by atoms with E-state index in [2.05, 4.69) is 22.3 Å². The van der Waals surface area contributed by atoms with Gasteiger partial charge < -0.3 is 5.32 Å². The van der Waals surface area contributed by atoms with E-state index < -0.39 is 21.7 Å². The van der Waals surface area contributed by atoms with E-state index in [-0.39, 0.29) is 21.2 Å². The molecule has 0 saturated carbocycles. The maximum atomic E-state index is 14.0. The summed E-state index contributed by atoms with van der Waals surface area (Å²) in [6.07, 6.45) is 0. The van der Waals surface area contributed by atoms with Crippen molar-refractivity contribution in [3.05, 3.63) is 94.8 Å². The van der Waals surface area contributed by atoms with Crippen LogP contribution in [0.3, 0.4) is 0 Å². The lowest BCUT2D eigenvalue weighted by Gasteiger charge is -2.34. The minimum absolute atomic E-state index is 0.0308. The first-order valence-corrected chi connectivity index (χ1v) is 12.3. The second kappa shape index (κ2) is 10.0. The maximum absolute atomic E-state index is 14.0. The molecule has 0 aliphatic carbocycles. The van der Waals surface area contributed by atoms with Gasteiger partial charge in [0.25, 0.3) is 5.91 Å². The zero-order chi connectivity index (χ0) is 23.4. The molecule has 172 valence electrons. The molecule has 9 heteroatoms. The van der Waals surface area contributed by atoms with Crippen LogP contribution in [0.25, 0.3) is 0 Å². The maximum Gasteiger partial charge on any atom is 0.255 e. The number of hydrogen-bond donors (Lipinski definition) is 1. The molecular weight excluding hydrogens is 465 g/mol. The minimum atomic E-state index is -3.77. The van der Waals surface area contributed by atoms with Crippen molar-refractivity contribution in [2.75, 3.05) is 31.5 Å².